The number of carbonyl (C=O) groups is 1. The zero-order valence-corrected chi connectivity index (χ0v) is 15.5. The number of fused-ring (bicyclic) bond motifs is 1. The van der Waals surface area contributed by atoms with Crippen LogP contribution in [-0.2, 0) is 9.53 Å². The van der Waals surface area contributed by atoms with Crippen LogP contribution in [-0.4, -0.2) is 27.8 Å². The Morgan fingerprint density at radius 3 is 2.75 bits per heavy atom. The summed E-state index contributed by atoms with van der Waals surface area (Å²) in [4.78, 5) is 21.3. The molecule has 7 heteroatoms. The second-order valence-electron chi connectivity index (χ2n) is 5.32. The van der Waals surface area contributed by atoms with E-state index in [-0.39, 0.29) is 17.8 Å². The molecule has 0 fully saturated rings. The fourth-order valence-electron chi connectivity index (χ4n) is 2.20. The highest BCUT2D eigenvalue weighted by Gasteiger charge is 2.15. The molecule has 0 saturated carbocycles. The third-order valence-corrected chi connectivity index (χ3v) is 5.11. The molecule has 0 aliphatic carbocycles. The van der Waals surface area contributed by atoms with Gasteiger partial charge in [-0.1, -0.05) is 53.7 Å². The number of benzene rings is 1. The number of esters is 1. The molecule has 2 aromatic heterocycles. The maximum Gasteiger partial charge on any atom is 0.316 e. The van der Waals surface area contributed by atoms with Gasteiger partial charge in [0.25, 0.3) is 0 Å². The molecule has 4 nitrogen and oxygen atoms in total. The van der Waals surface area contributed by atoms with Crippen molar-refractivity contribution in [3.63, 3.8) is 0 Å². The van der Waals surface area contributed by atoms with Crippen LogP contribution in [0.2, 0.25) is 5.15 Å². The third-order valence-electron chi connectivity index (χ3n) is 3.14. The molecule has 0 bridgehead atoms. The molecular formula is C17H15ClN2O2S2. The molecule has 24 heavy (non-hydrogen) atoms. The lowest BCUT2D eigenvalue weighted by atomic mass is 10.1. The van der Waals surface area contributed by atoms with Gasteiger partial charge < -0.3 is 4.74 Å². The van der Waals surface area contributed by atoms with Crippen molar-refractivity contribution in [3.8, 4) is 11.1 Å². The maximum atomic E-state index is 11.6. The van der Waals surface area contributed by atoms with Crippen LogP contribution in [0.15, 0.2) is 40.9 Å². The van der Waals surface area contributed by atoms with E-state index in [9.17, 15) is 4.79 Å². The number of aromatic nitrogens is 2. The van der Waals surface area contributed by atoms with Crippen molar-refractivity contribution in [2.75, 3.05) is 5.75 Å². The van der Waals surface area contributed by atoms with Gasteiger partial charge in [-0.15, -0.1) is 11.3 Å². The SMILES string of the molecule is CC(C)OC(=O)CSc1nc(Cl)c2c(-c3ccccc3)csc2n1. The van der Waals surface area contributed by atoms with Gasteiger partial charge in [0.15, 0.2) is 5.16 Å². The van der Waals surface area contributed by atoms with Crippen LogP contribution in [0.25, 0.3) is 21.3 Å². The Morgan fingerprint density at radius 1 is 1.29 bits per heavy atom. The standard InChI is InChI=1S/C17H15ClN2O2S2/c1-10(2)22-13(21)9-24-17-19-15(18)14-12(8-23-16(14)20-17)11-6-4-3-5-7-11/h3-8,10H,9H2,1-2H3. The smallest absolute Gasteiger partial charge is 0.316 e. The molecule has 0 aliphatic rings. The minimum atomic E-state index is -0.286. The topological polar surface area (TPSA) is 52.1 Å². The molecule has 0 unspecified atom stereocenters. The number of rotatable bonds is 5. The van der Waals surface area contributed by atoms with Crippen LogP contribution in [0.5, 0.6) is 0 Å². The Hall–Kier alpha value is -1.63. The molecule has 0 radical (unpaired) electrons. The van der Waals surface area contributed by atoms with Gasteiger partial charge in [0, 0.05) is 10.9 Å². The molecule has 0 saturated heterocycles. The molecule has 0 amide bonds. The van der Waals surface area contributed by atoms with Crippen LogP contribution in [0.1, 0.15) is 13.8 Å². The van der Waals surface area contributed by atoms with Crippen LogP contribution >= 0.6 is 34.7 Å². The number of nitrogens with zero attached hydrogens (tertiary/aromatic N) is 2. The van der Waals surface area contributed by atoms with E-state index in [0.29, 0.717) is 10.3 Å². The highest BCUT2D eigenvalue weighted by atomic mass is 35.5. The largest absolute Gasteiger partial charge is 0.462 e. The first-order chi connectivity index (χ1) is 11.5. The van der Waals surface area contributed by atoms with E-state index in [2.05, 4.69) is 9.97 Å². The molecule has 3 rings (SSSR count). The average Bonchev–Trinajstić information content (AvgIpc) is 2.98. The van der Waals surface area contributed by atoms with Crippen LogP contribution in [0.3, 0.4) is 0 Å². The summed E-state index contributed by atoms with van der Waals surface area (Å²) < 4.78 is 5.11. The Kier molecular flexibility index (Phi) is 5.38. The van der Waals surface area contributed by atoms with Gasteiger partial charge in [-0.05, 0) is 19.4 Å². The van der Waals surface area contributed by atoms with E-state index in [1.807, 2.05) is 49.6 Å². The normalized spacial score (nSPS) is 11.2. The first kappa shape index (κ1) is 17.2. The number of carbonyl (C=O) groups excluding carboxylic acids is 1. The third kappa shape index (κ3) is 3.88. The van der Waals surface area contributed by atoms with E-state index in [0.717, 1.165) is 21.3 Å². The van der Waals surface area contributed by atoms with Gasteiger partial charge in [-0.2, -0.15) is 0 Å². The number of ether oxygens (including phenoxy) is 1. The van der Waals surface area contributed by atoms with Gasteiger partial charge in [-0.3, -0.25) is 4.79 Å². The van der Waals surface area contributed by atoms with Crippen LogP contribution in [0.4, 0.5) is 0 Å². The van der Waals surface area contributed by atoms with E-state index in [4.69, 9.17) is 16.3 Å². The van der Waals surface area contributed by atoms with Gasteiger partial charge in [0.05, 0.1) is 17.2 Å². The summed E-state index contributed by atoms with van der Waals surface area (Å²) in [5.74, 6) is -0.123. The molecular weight excluding hydrogens is 364 g/mol. The number of halogens is 1. The molecule has 2 heterocycles. The zero-order valence-electron chi connectivity index (χ0n) is 13.2. The van der Waals surface area contributed by atoms with Crippen molar-refractivity contribution in [2.45, 2.75) is 25.1 Å². The van der Waals surface area contributed by atoms with Crippen molar-refractivity contribution in [2.24, 2.45) is 0 Å². The highest BCUT2D eigenvalue weighted by Crippen LogP contribution is 2.37. The van der Waals surface area contributed by atoms with Crippen LogP contribution < -0.4 is 0 Å². The van der Waals surface area contributed by atoms with Crippen molar-refractivity contribution in [1.29, 1.82) is 0 Å². The number of hydrogen-bond donors (Lipinski definition) is 0. The summed E-state index contributed by atoms with van der Waals surface area (Å²) in [6.07, 6.45) is -0.129. The highest BCUT2D eigenvalue weighted by molar-refractivity contribution is 7.99. The predicted octanol–water partition coefficient (Wildman–Crippen LogP) is 5.06. The van der Waals surface area contributed by atoms with Crippen molar-refractivity contribution in [1.82, 2.24) is 9.97 Å². The van der Waals surface area contributed by atoms with Crippen LogP contribution in [0, 0.1) is 0 Å². The second kappa shape index (κ2) is 7.51. The lowest BCUT2D eigenvalue weighted by molar-refractivity contribution is -0.144. The Morgan fingerprint density at radius 2 is 2.04 bits per heavy atom. The molecule has 3 aromatic rings. The quantitative estimate of drug-likeness (QED) is 0.269. The summed E-state index contributed by atoms with van der Waals surface area (Å²) in [5, 5.41) is 3.76. The minimum Gasteiger partial charge on any atom is -0.462 e. The fraction of sp³-hybridized carbons (Fsp3) is 0.235. The number of thiophene rings is 1. The summed E-state index contributed by atoms with van der Waals surface area (Å²) in [7, 11) is 0. The summed E-state index contributed by atoms with van der Waals surface area (Å²) in [6.45, 7) is 3.64. The van der Waals surface area contributed by atoms with Gasteiger partial charge in [-0.25, -0.2) is 9.97 Å². The van der Waals surface area contributed by atoms with E-state index >= 15 is 0 Å². The molecule has 0 atom stereocenters. The van der Waals surface area contributed by atoms with Crippen molar-refractivity contribution in [3.05, 3.63) is 40.9 Å². The van der Waals surface area contributed by atoms with Gasteiger partial charge in [0.1, 0.15) is 9.98 Å². The van der Waals surface area contributed by atoms with E-state index < -0.39 is 0 Å². The maximum absolute atomic E-state index is 11.6. The van der Waals surface area contributed by atoms with Gasteiger partial charge >= 0.3 is 5.97 Å². The molecule has 1 aromatic carbocycles. The summed E-state index contributed by atoms with van der Waals surface area (Å²) in [5.41, 5.74) is 2.10. The molecule has 0 N–H and O–H groups in total. The minimum absolute atomic E-state index is 0.129. The lowest BCUT2D eigenvalue weighted by Crippen LogP contribution is -2.13. The van der Waals surface area contributed by atoms with Crippen molar-refractivity contribution >= 4 is 50.9 Å². The van der Waals surface area contributed by atoms with E-state index in [1.54, 1.807) is 0 Å². The van der Waals surface area contributed by atoms with Gasteiger partial charge in [0.2, 0.25) is 0 Å². The zero-order chi connectivity index (χ0) is 17.1. The molecule has 0 spiro atoms. The first-order valence-electron chi connectivity index (χ1n) is 7.37. The monoisotopic (exact) mass is 378 g/mol. The second-order valence-corrected chi connectivity index (χ2v) is 7.48. The number of hydrogen-bond acceptors (Lipinski definition) is 6. The average molecular weight is 379 g/mol. The van der Waals surface area contributed by atoms with Crippen molar-refractivity contribution < 1.29 is 9.53 Å². The Labute approximate surface area is 153 Å². The first-order valence-corrected chi connectivity index (χ1v) is 9.61. The number of thioether (sulfide) groups is 1. The predicted molar refractivity (Wildman–Crippen MR) is 99.8 cm³/mol. The fourth-order valence-corrected chi connectivity index (χ4v) is 4.21. The lowest BCUT2D eigenvalue weighted by Gasteiger charge is -2.07. The summed E-state index contributed by atoms with van der Waals surface area (Å²) in [6, 6.07) is 10.0. The van der Waals surface area contributed by atoms with E-state index in [1.165, 1.54) is 23.1 Å². The summed E-state index contributed by atoms with van der Waals surface area (Å²) >= 11 is 9.13. The Bertz CT molecular complexity index is 866. The Balaban J connectivity index is 1.86. The molecule has 124 valence electrons. The molecule has 0 aliphatic heterocycles.